The second-order valence-corrected chi connectivity index (χ2v) is 4.11. The predicted octanol–water partition coefficient (Wildman–Crippen LogP) is -0.500. The average molecular weight is 169 g/mol. The van der Waals surface area contributed by atoms with Crippen LogP contribution in [0.5, 0.6) is 0 Å². The molecule has 0 bridgehead atoms. The molecule has 0 amide bonds. The van der Waals surface area contributed by atoms with Crippen molar-refractivity contribution in [1.29, 1.82) is 0 Å². The summed E-state index contributed by atoms with van der Waals surface area (Å²) in [4.78, 5) is 2.51. The van der Waals surface area contributed by atoms with Gasteiger partial charge in [0.05, 0.1) is 0 Å². The van der Waals surface area contributed by atoms with Crippen LogP contribution in [0.15, 0.2) is 0 Å². The Morgan fingerprint density at radius 2 is 2.08 bits per heavy atom. The van der Waals surface area contributed by atoms with Crippen LogP contribution in [-0.2, 0) is 0 Å². The van der Waals surface area contributed by atoms with Gasteiger partial charge in [-0.05, 0) is 32.5 Å². The molecular weight excluding hydrogens is 150 g/mol. The van der Waals surface area contributed by atoms with E-state index < -0.39 is 0 Å². The van der Waals surface area contributed by atoms with Crippen molar-refractivity contribution in [3.63, 3.8) is 0 Å². The van der Waals surface area contributed by atoms with Gasteiger partial charge in [-0.25, -0.2) is 0 Å². The first kappa shape index (κ1) is 8.48. The van der Waals surface area contributed by atoms with Crippen molar-refractivity contribution >= 4 is 0 Å². The van der Waals surface area contributed by atoms with Gasteiger partial charge in [-0.1, -0.05) is 0 Å². The topological polar surface area (TPSA) is 27.3 Å². The Bertz CT molecular complexity index is 139. The third-order valence-electron chi connectivity index (χ3n) is 3.09. The molecule has 12 heavy (non-hydrogen) atoms. The molecule has 2 rings (SSSR count). The van der Waals surface area contributed by atoms with Gasteiger partial charge in [-0.15, -0.1) is 0 Å². The van der Waals surface area contributed by atoms with Crippen LogP contribution >= 0.6 is 0 Å². The molecule has 2 fully saturated rings. The van der Waals surface area contributed by atoms with E-state index in [0.29, 0.717) is 0 Å². The Kier molecular flexibility index (Phi) is 2.63. The van der Waals surface area contributed by atoms with Gasteiger partial charge in [0.25, 0.3) is 0 Å². The highest BCUT2D eigenvalue weighted by atomic mass is 15.2. The zero-order valence-corrected chi connectivity index (χ0v) is 7.84. The lowest BCUT2D eigenvalue weighted by Gasteiger charge is -2.36. The number of hydrogen-bond acceptors (Lipinski definition) is 3. The molecule has 0 aromatic rings. The van der Waals surface area contributed by atoms with E-state index in [4.69, 9.17) is 0 Å². The van der Waals surface area contributed by atoms with Crippen LogP contribution in [0.3, 0.4) is 0 Å². The van der Waals surface area contributed by atoms with E-state index in [2.05, 4.69) is 22.6 Å². The monoisotopic (exact) mass is 169 g/mol. The lowest BCUT2D eigenvalue weighted by Crippen LogP contribution is -2.56. The van der Waals surface area contributed by atoms with Gasteiger partial charge >= 0.3 is 0 Å². The predicted molar refractivity (Wildman–Crippen MR) is 50.3 cm³/mol. The molecule has 2 aliphatic heterocycles. The van der Waals surface area contributed by atoms with E-state index in [0.717, 1.165) is 12.0 Å². The molecule has 0 radical (unpaired) electrons. The van der Waals surface area contributed by atoms with Gasteiger partial charge in [0, 0.05) is 25.7 Å². The van der Waals surface area contributed by atoms with E-state index in [9.17, 15) is 0 Å². The summed E-state index contributed by atoms with van der Waals surface area (Å²) in [7, 11) is 2.25. The number of nitrogens with one attached hydrogen (secondary N) is 2. The molecule has 2 N–H and O–H groups in total. The van der Waals surface area contributed by atoms with E-state index in [1.807, 2.05) is 0 Å². The molecule has 3 nitrogen and oxygen atoms in total. The van der Waals surface area contributed by atoms with Crippen LogP contribution in [-0.4, -0.2) is 50.7 Å². The summed E-state index contributed by atoms with van der Waals surface area (Å²) >= 11 is 0. The summed E-state index contributed by atoms with van der Waals surface area (Å²) in [6.45, 7) is 6.11. The van der Waals surface area contributed by atoms with Crippen LogP contribution in [0.4, 0.5) is 0 Å². The first-order chi connectivity index (χ1) is 5.86. The van der Waals surface area contributed by atoms with E-state index >= 15 is 0 Å². The maximum absolute atomic E-state index is 3.41. The van der Waals surface area contributed by atoms with Crippen LogP contribution in [0, 0.1) is 5.92 Å². The van der Waals surface area contributed by atoms with Gasteiger partial charge in [-0.2, -0.15) is 0 Å². The number of likely N-dealkylation sites (N-methyl/N-ethyl adjacent to an activating group) is 1. The average Bonchev–Trinajstić information content (AvgIpc) is 2.34. The summed E-state index contributed by atoms with van der Waals surface area (Å²) in [6, 6.07) is 0.811. The molecule has 0 aromatic heterocycles. The normalized spacial score (nSPS) is 31.0. The number of rotatable bonds is 3. The molecule has 2 aliphatic rings. The highest BCUT2D eigenvalue weighted by molar-refractivity contribution is 4.85. The fourth-order valence-electron chi connectivity index (χ4n) is 2.01. The highest BCUT2D eigenvalue weighted by Gasteiger charge is 2.24. The van der Waals surface area contributed by atoms with Crippen molar-refractivity contribution in [2.24, 2.45) is 5.92 Å². The van der Waals surface area contributed by atoms with Crippen molar-refractivity contribution in [2.45, 2.75) is 12.5 Å². The summed E-state index contributed by atoms with van der Waals surface area (Å²) < 4.78 is 0. The molecule has 1 unspecified atom stereocenters. The molecule has 3 heteroatoms. The molecule has 0 saturated carbocycles. The van der Waals surface area contributed by atoms with E-state index in [1.54, 1.807) is 0 Å². The van der Waals surface area contributed by atoms with Gasteiger partial charge in [0.15, 0.2) is 0 Å². The van der Waals surface area contributed by atoms with Gasteiger partial charge < -0.3 is 15.5 Å². The van der Waals surface area contributed by atoms with Crippen molar-refractivity contribution < 1.29 is 0 Å². The molecule has 2 heterocycles. The molecule has 0 spiro atoms. The first-order valence-electron chi connectivity index (χ1n) is 4.98. The third kappa shape index (κ3) is 1.79. The molecule has 70 valence electrons. The van der Waals surface area contributed by atoms with Gasteiger partial charge in [0.1, 0.15) is 0 Å². The fraction of sp³-hybridized carbons (Fsp3) is 1.00. The molecule has 1 atom stereocenters. The standard InChI is InChI=1S/C9H19N3/c1-12(9-5-11-6-9)7-8-2-3-10-4-8/h8-11H,2-7H2,1H3. The minimum Gasteiger partial charge on any atom is -0.316 e. The Morgan fingerprint density at radius 1 is 1.25 bits per heavy atom. The van der Waals surface area contributed by atoms with E-state index in [-0.39, 0.29) is 0 Å². The van der Waals surface area contributed by atoms with Gasteiger partial charge in [0.2, 0.25) is 0 Å². The summed E-state index contributed by atoms with van der Waals surface area (Å²) in [5.41, 5.74) is 0. The molecule has 2 saturated heterocycles. The van der Waals surface area contributed by atoms with Crippen molar-refractivity contribution in [1.82, 2.24) is 15.5 Å². The van der Waals surface area contributed by atoms with Crippen LogP contribution < -0.4 is 10.6 Å². The zero-order valence-electron chi connectivity index (χ0n) is 7.84. The second kappa shape index (κ2) is 3.73. The summed E-state index contributed by atoms with van der Waals surface area (Å²) in [5.74, 6) is 0.899. The minimum absolute atomic E-state index is 0.811. The van der Waals surface area contributed by atoms with Crippen molar-refractivity contribution in [2.75, 3.05) is 39.8 Å². The zero-order chi connectivity index (χ0) is 8.39. The largest absolute Gasteiger partial charge is 0.316 e. The van der Waals surface area contributed by atoms with Crippen LogP contribution in [0.2, 0.25) is 0 Å². The Balaban J connectivity index is 1.69. The van der Waals surface area contributed by atoms with E-state index in [1.165, 1.54) is 39.1 Å². The Morgan fingerprint density at radius 3 is 2.58 bits per heavy atom. The second-order valence-electron chi connectivity index (χ2n) is 4.11. The molecule has 0 aromatic carbocycles. The van der Waals surface area contributed by atoms with Crippen LogP contribution in [0.25, 0.3) is 0 Å². The lowest BCUT2D eigenvalue weighted by atomic mass is 10.1. The van der Waals surface area contributed by atoms with Crippen molar-refractivity contribution in [3.05, 3.63) is 0 Å². The maximum Gasteiger partial charge on any atom is 0.0342 e. The van der Waals surface area contributed by atoms with Crippen molar-refractivity contribution in [3.8, 4) is 0 Å². The molecular formula is C9H19N3. The number of hydrogen-bond donors (Lipinski definition) is 2. The SMILES string of the molecule is CN(CC1CCNC1)C1CNC1. The summed E-state index contributed by atoms with van der Waals surface area (Å²) in [6.07, 6.45) is 1.37. The number of nitrogens with zero attached hydrogens (tertiary/aromatic N) is 1. The smallest absolute Gasteiger partial charge is 0.0342 e. The lowest BCUT2D eigenvalue weighted by molar-refractivity contribution is 0.160. The fourth-order valence-corrected chi connectivity index (χ4v) is 2.01. The molecule has 0 aliphatic carbocycles. The minimum atomic E-state index is 0.811. The maximum atomic E-state index is 3.41. The highest BCUT2D eigenvalue weighted by Crippen LogP contribution is 2.11. The van der Waals surface area contributed by atoms with Gasteiger partial charge in [-0.3, -0.25) is 0 Å². The summed E-state index contributed by atoms with van der Waals surface area (Å²) in [5, 5.41) is 6.72. The first-order valence-corrected chi connectivity index (χ1v) is 4.98. The third-order valence-corrected chi connectivity index (χ3v) is 3.09. The van der Waals surface area contributed by atoms with Crippen LogP contribution in [0.1, 0.15) is 6.42 Å². The Labute approximate surface area is 74.5 Å². The Hall–Kier alpha value is -0.120. The quantitative estimate of drug-likeness (QED) is 0.596.